The lowest BCUT2D eigenvalue weighted by Crippen LogP contribution is -2.30. The van der Waals surface area contributed by atoms with E-state index >= 15 is 0 Å². The van der Waals surface area contributed by atoms with Crippen LogP contribution in [0.2, 0.25) is 0 Å². The molecule has 0 spiro atoms. The van der Waals surface area contributed by atoms with E-state index in [2.05, 4.69) is 37.4 Å². The number of nitrogens with one attached hydrogen (secondary N) is 1. The molecule has 5 atom stereocenters. The van der Waals surface area contributed by atoms with Gasteiger partial charge in [-0.1, -0.05) is 38.1 Å². The first-order valence-electron chi connectivity index (χ1n) is 9.76. The van der Waals surface area contributed by atoms with E-state index in [0.717, 1.165) is 11.8 Å². The standard InChI is InChI=1S/C23H25NO2/c1-12(2)15-7-8-20-18(9-15)21-17-10-16(17)11-19(21)22(24-20)13-3-5-14(6-4-13)23(25)26/h3-9,12,16-17,19,21-22,24H,10-11H2,1-2H3,(H,25,26)/t16?,17?,19-,21-,22-/m0/s1. The van der Waals surface area contributed by atoms with Gasteiger partial charge in [-0.05, 0) is 77.3 Å². The molecule has 5 rings (SSSR count). The molecule has 2 aliphatic carbocycles. The summed E-state index contributed by atoms with van der Waals surface area (Å²) in [4.78, 5) is 11.2. The molecule has 3 nitrogen and oxygen atoms in total. The zero-order chi connectivity index (χ0) is 18.0. The third kappa shape index (κ3) is 2.37. The molecule has 2 saturated carbocycles. The van der Waals surface area contributed by atoms with Crippen molar-refractivity contribution in [1.29, 1.82) is 0 Å². The maximum atomic E-state index is 11.2. The molecule has 2 unspecified atom stereocenters. The van der Waals surface area contributed by atoms with Gasteiger partial charge in [-0.3, -0.25) is 0 Å². The average molecular weight is 347 g/mol. The third-order valence-corrected chi connectivity index (χ3v) is 6.83. The maximum absolute atomic E-state index is 11.2. The molecule has 0 bridgehead atoms. The highest BCUT2D eigenvalue weighted by molar-refractivity contribution is 5.87. The Morgan fingerprint density at radius 3 is 2.50 bits per heavy atom. The topological polar surface area (TPSA) is 49.3 Å². The van der Waals surface area contributed by atoms with Crippen LogP contribution in [-0.2, 0) is 0 Å². The minimum atomic E-state index is -0.861. The number of rotatable bonds is 3. The van der Waals surface area contributed by atoms with Crippen molar-refractivity contribution >= 4 is 11.7 Å². The van der Waals surface area contributed by atoms with Crippen LogP contribution in [0.5, 0.6) is 0 Å². The molecule has 1 aliphatic heterocycles. The number of benzene rings is 2. The van der Waals surface area contributed by atoms with Crippen molar-refractivity contribution in [3.8, 4) is 0 Å². The van der Waals surface area contributed by atoms with Crippen LogP contribution in [0, 0.1) is 17.8 Å². The van der Waals surface area contributed by atoms with Gasteiger partial charge in [0.05, 0.1) is 11.6 Å². The number of carboxylic acid groups (broad SMARTS) is 1. The monoisotopic (exact) mass is 347 g/mol. The predicted molar refractivity (Wildman–Crippen MR) is 103 cm³/mol. The lowest BCUT2D eigenvalue weighted by molar-refractivity contribution is 0.0697. The Morgan fingerprint density at radius 1 is 1.08 bits per heavy atom. The fourth-order valence-corrected chi connectivity index (χ4v) is 5.39. The lowest BCUT2D eigenvalue weighted by Gasteiger charge is -2.39. The van der Waals surface area contributed by atoms with Crippen LogP contribution >= 0.6 is 0 Å². The first-order chi connectivity index (χ1) is 12.5. The Kier molecular flexibility index (Phi) is 3.43. The molecule has 2 N–H and O–H groups in total. The van der Waals surface area contributed by atoms with Crippen molar-refractivity contribution < 1.29 is 9.90 Å². The van der Waals surface area contributed by atoms with E-state index in [1.54, 1.807) is 12.1 Å². The molecule has 3 heteroatoms. The smallest absolute Gasteiger partial charge is 0.335 e. The molecular weight excluding hydrogens is 322 g/mol. The van der Waals surface area contributed by atoms with Gasteiger partial charge in [0, 0.05) is 5.69 Å². The van der Waals surface area contributed by atoms with Crippen molar-refractivity contribution in [1.82, 2.24) is 0 Å². The predicted octanol–water partition coefficient (Wildman–Crippen LogP) is 5.41. The quantitative estimate of drug-likeness (QED) is 0.780. The molecule has 2 aromatic carbocycles. The zero-order valence-corrected chi connectivity index (χ0v) is 15.3. The number of anilines is 1. The SMILES string of the molecule is CC(C)c1ccc2c(c1)[C@@H]1C3CC3C[C@@H]1[C@H](c1ccc(C(=O)O)cc1)N2. The van der Waals surface area contributed by atoms with Gasteiger partial charge in [0.25, 0.3) is 0 Å². The van der Waals surface area contributed by atoms with Gasteiger partial charge >= 0.3 is 5.97 Å². The van der Waals surface area contributed by atoms with Gasteiger partial charge in [0.15, 0.2) is 0 Å². The molecule has 0 aromatic heterocycles. The van der Waals surface area contributed by atoms with Crippen molar-refractivity contribution in [3.63, 3.8) is 0 Å². The number of aromatic carboxylic acids is 1. The molecule has 1 heterocycles. The van der Waals surface area contributed by atoms with Gasteiger partial charge < -0.3 is 10.4 Å². The fraction of sp³-hybridized carbons (Fsp3) is 0.435. The largest absolute Gasteiger partial charge is 0.478 e. The Bertz CT molecular complexity index is 870. The molecule has 0 amide bonds. The van der Waals surface area contributed by atoms with Crippen LogP contribution in [0.4, 0.5) is 5.69 Å². The summed E-state index contributed by atoms with van der Waals surface area (Å²) in [5, 5.41) is 13.0. The van der Waals surface area contributed by atoms with Gasteiger partial charge in [-0.2, -0.15) is 0 Å². The molecular formula is C23H25NO2. The van der Waals surface area contributed by atoms with Crippen LogP contribution in [-0.4, -0.2) is 11.1 Å². The van der Waals surface area contributed by atoms with E-state index in [1.807, 2.05) is 12.1 Å². The summed E-state index contributed by atoms with van der Waals surface area (Å²) in [6.07, 6.45) is 2.68. The summed E-state index contributed by atoms with van der Waals surface area (Å²) >= 11 is 0. The minimum Gasteiger partial charge on any atom is -0.478 e. The number of hydrogen-bond donors (Lipinski definition) is 2. The minimum absolute atomic E-state index is 0.285. The Hall–Kier alpha value is -2.29. The fourth-order valence-electron chi connectivity index (χ4n) is 5.39. The van der Waals surface area contributed by atoms with E-state index in [-0.39, 0.29) is 6.04 Å². The van der Waals surface area contributed by atoms with Crippen LogP contribution in [0.1, 0.15) is 71.6 Å². The number of hydrogen-bond acceptors (Lipinski definition) is 2. The van der Waals surface area contributed by atoms with E-state index in [0.29, 0.717) is 23.3 Å². The second-order valence-electron chi connectivity index (χ2n) is 8.64. The Balaban J connectivity index is 1.54. The summed E-state index contributed by atoms with van der Waals surface area (Å²) in [6.45, 7) is 4.52. The van der Waals surface area contributed by atoms with Gasteiger partial charge in [0.1, 0.15) is 0 Å². The average Bonchev–Trinajstić information content (AvgIpc) is 3.30. The van der Waals surface area contributed by atoms with Crippen LogP contribution in [0.25, 0.3) is 0 Å². The summed E-state index contributed by atoms with van der Waals surface area (Å²) in [5.41, 5.74) is 5.79. The summed E-state index contributed by atoms with van der Waals surface area (Å²) in [7, 11) is 0. The number of fused-ring (bicyclic) bond motifs is 5. The second kappa shape index (κ2) is 5.60. The number of carbonyl (C=O) groups is 1. The zero-order valence-electron chi connectivity index (χ0n) is 15.3. The molecule has 2 aromatic rings. The van der Waals surface area contributed by atoms with Gasteiger partial charge in [0.2, 0.25) is 0 Å². The summed E-state index contributed by atoms with van der Waals surface area (Å²) in [5.74, 6) is 2.70. The number of carboxylic acids is 1. The first-order valence-corrected chi connectivity index (χ1v) is 9.76. The highest BCUT2D eigenvalue weighted by atomic mass is 16.4. The summed E-state index contributed by atoms with van der Waals surface area (Å²) in [6, 6.07) is 14.7. The van der Waals surface area contributed by atoms with E-state index in [1.165, 1.54) is 35.2 Å². The molecule has 0 radical (unpaired) electrons. The van der Waals surface area contributed by atoms with Crippen molar-refractivity contribution in [3.05, 3.63) is 64.7 Å². The van der Waals surface area contributed by atoms with Crippen molar-refractivity contribution in [2.24, 2.45) is 17.8 Å². The second-order valence-corrected chi connectivity index (χ2v) is 8.64. The lowest BCUT2D eigenvalue weighted by atomic mass is 9.74. The normalized spacial score (nSPS) is 31.0. The molecule has 2 fully saturated rings. The molecule has 134 valence electrons. The van der Waals surface area contributed by atoms with Crippen molar-refractivity contribution in [2.45, 2.75) is 44.6 Å². The van der Waals surface area contributed by atoms with Crippen LogP contribution in [0.15, 0.2) is 42.5 Å². The molecule has 26 heavy (non-hydrogen) atoms. The van der Waals surface area contributed by atoms with Crippen LogP contribution in [0.3, 0.4) is 0 Å². The van der Waals surface area contributed by atoms with Gasteiger partial charge in [-0.25, -0.2) is 4.79 Å². The Labute approximate surface area is 154 Å². The Morgan fingerprint density at radius 2 is 1.81 bits per heavy atom. The highest BCUT2D eigenvalue weighted by Gasteiger charge is 2.57. The molecule has 0 saturated heterocycles. The summed E-state index contributed by atoms with van der Waals surface area (Å²) < 4.78 is 0. The highest BCUT2D eigenvalue weighted by Crippen LogP contribution is 2.67. The molecule has 3 aliphatic rings. The first kappa shape index (κ1) is 15.9. The van der Waals surface area contributed by atoms with E-state index in [4.69, 9.17) is 5.11 Å². The maximum Gasteiger partial charge on any atom is 0.335 e. The van der Waals surface area contributed by atoms with E-state index in [9.17, 15) is 4.79 Å². The van der Waals surface area contributed by atoms with Crippen LogP contribution < -0.4 is 5.32 Å². The third-order valence-electron chi connectivity index (χ3n) is 6.83. The van der Waals surface area contributed by atoms with Gasteiger partial charge in [-0.15, -0.1) is 0 Å². The van der Waals surface area contributed by atoms with E-state index < -0.39 is 5.97 Å². The van der Waals surface area contributed by atoms with Crippen molar-refractivity contribution in [2.75, 3.05) is 5.32 Å².